The smallest absolute Gasteiger partial charge is 0.273 e. The predicted octanol–water partition coefficient (Wildman–Crippen LogP) is 4.43. The number of rotatable bonds is 3. The summed E-state index contributed by atoms with van der Waals surface area (Å²) in [7, 11) is 0. The standard InChI is InChI=1S/C22H20N4O3S/c1-14-7-8-16(9-15(14)2)24-12-25-21(27)10-18(19(11-23)22(25)30-13-24)17-5-3-4-6-20(17)26(28)29/h3-9,18H,10,12-13H2,1-2H3. The minimum atomic E-state index is -0.601. The van der Waals surface area contributed by atoms with Gasteiger partial charge in [0, 0.05) is 29.7 Å². The molecule has 2 aromatic rings. The summed E-state index contributed by atoms with van der Waals surface area (Å²) in [5.74, 6) is -0.139. The Morgan fingerprint density at radius 1 is 1.20 bits per heavy atom. The molecule has 2 heterocycles. The third kappa shape index (κ3) is 3.42. The zero-order valence-corrected chi connectivity index (χ0v) is 17.5. The highest BCUT2D eigenvalue weighted by atomic mass is 32.2. The molecule has 1 saturated heterocycles. The van der Waals surface area contributed by atoms with E-state index in [1.165, 1.54) is 29.0 Å². The number of hydrogen-bond acceptors (Lipinski definition) is 6. The zero-order chi connectivity index (χ0) is 21.4. The Hall–Kier alpha value is -3.31. The van der Waals surface area contributed by atoms with Crippen LogP contribution in [-0.4, -0.2) is 28.3 Å². The predicted molar refractivity (Wildman–Crippen MR) is 116 cm³/mol. The first-order valence-corrected chi connectivity index (χ1v) is 10.5. The van der Waals surface area contributed by atoms with E-state index in [2.05, 4.69) is 36.9 Å². The SMILES string of the molecule is Cc1ccc(N2CSC3=C(C#N)C(c4ccccc4[N+](=O)[O-])CC(=O)N3C2)cc1C. The molecular weight excluding hydrogens is 400 g/mol. The van der Waals surface area contributed by atoms with Crippen molar-refractivity contribution in [1.82, 2.24) is 4.90 Å². The first kappa shape index (κ1) is 20.0. The molecule has 0 aromatic heterocycles. The van der Waals surface area contributed by atoms with Gasteiger partial charge < -0.3 is 4.90 Å². The van der Waals surface area contributed by atoms with Crippen LogP contribution in [0.1, 0.15) is 29.0 Å². The number of carbonyl (C=O) groups is 1. The van der Waals surface area contributed by atoms with Crippen LogP contribution in [-0.2, 0) is 4.79 Å². The molecule has 0 bridgehead atoms. The molecule has 30 heavy (non-hydrogen) atoms. The number of benzene rings is 2. The van der Waals surface area contributed by atoms with Gasteiger partial charge in [0.2, 0.25) is 5.91 Å². The average molecular weight is 420 g/mol. The van der Waals surface area contributed by atoms with E-state index in [9.17, 15) is 20.2 Å². The zero-order valence-electron chi connectivity index (χ0n) is 16.7. The van der Waals surface area contributed by atoms with Crippen LogP contribution in [0.4, 0.5) is 11.4 Å². The van der Waals surface area contributed by atoms with Crippen molar-refractivity contribution < 1.29 is 9.72 Å². The van der Waals surface area contributed by atoms with Crippen molar-refractivity contribution in [2.45, 2.75) is 26.2 Å². The minimum Gasteiger partial charge on any atom is -0.344 e. The monoisotopic (exact) mass is 420 g/mol. The Kier molecular flexibility index (Phi) is 5.22. The van der Waals surface area contributed by atoms with E-state index >= 15 is 0 Å². The van der Waals surface area contributed by atoms with Crippen molar-refractivity contribution in [2.75, 3.05) is 17.4 Å². The molecule has 2 aromatic carbocycles. The Morgan fingerprint density at radius 2 is 1.97 bits per heavy atom. The number of nitro benzene ring substituents is 1. The molecule has 0 N–H and O–H groups in total. The Bertz CT molecular complexity index is 1120. The van der Waals surface area contributed by atoms with E-state index in [1.54, 1.807) is 23.1 Å². The first-order valence-electron chi connectivity index (χ1n) is 9.53. The number of hydrogen-bond donors (Lipinski definition) is 0. The number of nitriles is 1. The lowest BCUT2D eigenvalue weighted by Gasteiger charge is -2.42. The van der Waals surface area contributed by atoms with Gasteiger partial charge in [-0.3, -0.25) is 19.8 Å². The number of thioether (sulfide) groups is 1. The topological polar surface area (TPSA) is 90.5 Å². The summed E-state index contributed by atoms with van der Waals surface area (Å²) < 4.78 is 0. The van der Waals surface area contributed by atoms with Crippen LogP contribution in [0, 0.1) is 35.3 Å². The van der Waals surface area contributed by atoms with Crippen LogP contribution < -0.4 is 4.90 Å². The second kappa shape index (κ2) is 7.84. The largest absolute Gasteiger partial charge is 0.344 e. The molecule has 1 amide bonds. The highest BCUT2D eigenvalue weighted by Crippen LogP contribution is 2.45. The number of aryl methyl sites for hydroxylation is 2. The third-order valence-electron chi connectivity index (χ3n) is 5.66. The molecule has 2 aliphatic rings. The Balaban J connectivity index is 1.70. The molecule has 0 radical (unpaired) electrons. The van der Waals surface area contributed by atoms with Gasteiger partial charge in [-0.15, -0.1) is 0 Å². The number of fused-ring (bicyclic) bond motifs is 1. The van der Waals surface area contributed by atoms with Crippen LogP contribution in [0.25, 0.3) is 0 Å². The molecule has 7 nitrogen and oxygen atoms in total. The molecule has 4 rings (SSSR count). The van der Waals surface area contributed by atoms with Gasteiger partial charge in [0.25, 0.3) is 5.69 Å². The molecule has 8 heteroatoms. The maximum absolute atomic E-state index is 13.0. The van der Waals surface area contributed by atoms with Gasteiger partial charge in [-0.2, -0.15) is 5.26 Å². The van der Waals surface area contributed by atoms with Crippen LogP contribution in [0.15, 0.2) is 53.1 Å². The maximum atomic E-state index is 13.0. The molecule has 0 saturated carbocycles. The van der Waals surface area contributed by atoms with E-state index in [0.29, 0.717) is 28.7 Å². The van der Waals surface area contributed by atoms with Gasteiger partial charge in [0.1, 0.15) is 0 Å². The van der Waals surface area contributed by atoms with E-state index in [0.717, 1.165) is 5.69 Å². The second-order valence-electron chi connectivity index (χ2n) is 7.45. The van der Waals surface area contributed by atoms with Gasteiger partial charge in [-0.05, 0) is 37.1 Å². The van der Waals surface area contributed by atoms with Crippen molar-refractivity contribution >= 4 is 29.0 Å². The quantitative estimate of drug-likeness (QED) is 0.539. The number of carbonyl (C=O) groups excluding carboxylic acids is 1. The lowest BCUT2D eigenvalue weighted by molar-refractivity contribution is -0.385. The van der Waals surface area contributed by atoms with Crippen molar-refractivity contribution in [1.29, 1.82) is 5.26 Å². The highest BCUT2D eigenvalue weighted by molar-refractivity contribution is 8.03. The van der Waals surface area contributed by atoms with Gasteiger partial charge in [0.15, 0.2) is 0 Å². The summed E-state index contributed by atoms with van der Waals surface area (Å²) in [6.07, 6.45) is 0.0403. The van der Waals surface area contributed by atoms with Gasteiger partial charge in [-0.25, -0.2) is 0 Å². The van der Waals surface area contributed by atoms with E-state index in [-0.39, 0.29) is 18.0 Å². The van der Waals surface area contributed by atoms with E-state index in [4.69, 9.17) is 0 Å². The normalized spacial score (nSPS) is 18.8. The van der Waals surface area contributed by atoms with Crippen molar-refractivity contribution in [3.63, 3.8) is 0 Å². The summed E-state index contributed by atoms with van der Waals surface area (Å²) in [5, 5.41) is 22.0. The molecule has 0 aliphatic carbocycles. The number of allylic oxidation sites excluding steroid dienone is 1. The maximum Gasteiger partial charge on any atom is 0.273 e. The molecule has 0 spiro atoms. The number of anilines is 1. The van der Waals surface area contributed by atoms with Gasteiger partial charge >= 0.3 is 0 Å². The fourth-order valence-electron chi connectivity index (χ4n) is 3.86. The molecule has 2 aliphatic heterocycles. The second-order valence-corrected chi connectivity index (χ2v) is 8.38. The molecule has 1 unspecified atom stereocenters. The first-order chi connectivity index (χ1) is 14.4. The summed E-state index contributed by atoms with van der Waals surface area (Å²) >= 11 is 1.43. The van der Waals surface area contributed by atoms with Crippen LogP contribution in [0.5, 0.6) is 0 Å². The third-order valence-corrected chi connectivity index (χ3v) is 6.81. The number of nitro groups is 1. The summed E-state index contributed by atoms with van der Waals surface area (Å²) in [4.78, 5) is 27.8. The van der Waals surface area contributed by atoms with Crippen LogP contribution >= 0.6 is 11.8 Å². The van der Waals surface area contributed by atoms with E-state index < -0.39 is 10.8 Å². The molecule has 1 fully saturated rings. The summed E-state index contributed by atoms with van der Waals surface area (Å²) in [5.41, 5.74) is 4.19. The number of nitrogens with zero attached hydrogens (tertiary/aromatic N) is 4. The van der Waals surface area contributed by atoms with E-state index in [1.807, 2.05) is 6.07 Å². The number of amides is 1. The van der Waals surface area contributed by atoms with Crippen molar-refractivity contribution in [2.24, 2.45) is 0 Å². The molecule has 1 atom stereocenters. The molecular formula is C22H20N4O3S. The fourth-order valence-corrected chi connectivity index (χ4v) is 5.03. The minimum absolute atomic E-state index is 0.0403. The van der Waals surface area contributed by atoms with Crippen molar-refractivity contribution in [3.8, 4) is 6.07 Å². The fraction of sp³-hybridized carbons (Fsp3) is 0.273. The van der Waals surface area contributed by atoms with Crippen molar-refractivity contribution in [3.05, 3.63) is 79.9 Å². The average Bonchev–Trinajstić information content (AvgIpc) is 2.75. The number of para-hydroxylation sites is 1. The van der Waals surface area contributed by atoms with Gasteiger partial charge in [0.05, 0.1) is 34.1 Å². The highest BCUT2D eigenvalue weighted by Gasteiger charge is 2.40. The Morgan fingerprint density at radius 3 is 2.67 bits per heavy atom. The summed E-state index contributed by atoms with van der Waals surface area (Å²) in [6.45, 7) is 4.47. The lowest BCUT2D eigenvalue weighted by atomic mass is 9.85. The van der Waals surface area contributed by atoms with Crippen LogP contribution in [0.3, 0.4) is 0 Å². The lowest BCUT2D eigenvalue weighted by Crippen LogP contribution is -2.47. The summed E-state index contributed by atoms with van der Waals surface area (Å²) in [6, 6.07) is 14.8. The van der Waals surface area contributed by atoms with Crippen LogP contribution in [0.2, 0.25) is 0 Å². The van der Waals surface area contributed by atoms with Gasteiger partial charge in [-0.1, -0.05) is 36.0 Å². The molecule has 152 valence electrons. The Labute approximate surface area is 178 Å².